The monoisotopic (exact) mass is 498 g/mol. The lowest BCUT2D eigenvalue weighted by Crippen LogP contribution is -2.56. The highest BCUT2D eigenvalue weighted by Crippen LogP contribution is 2.60. The predicted octanol–water partition coefficient (Wildman–Crippen LogP) is 3.30. The zero-order valence-corrected chi connectivity index (χ0v) is 20.9. The fourth-order valence-corrected chi connectivity index (χ4v) is 8.90. The minimum Gasteiger partial charge on any atom is -0.330 e. The normalized spacial score (nSPS) is 33.6. The van der Waals surface area contributed by atoms with Gasteiger partial charge in [-0.25, -0.2) is 8.42 Å². The van der Waals surface area contributed by atoms with Crippen molar-refractivity contribution in [3.05, 3.63) is 24.3 Å². The number of sulfonamides is 1. The number of rotatable bonds is 5. The summed E-state index contributed by atoms with van der Waals surface area (Å²) in [6.45, 7) is 1.26. The Morgan fingerprint density at radius 3 is 2.40 bits per heavy atom. The molecule has 0 radical (unpaired) electrons. The molecule has 1 saturated heterocycles. The number of nitrogens with one attached hydrogen (secondary N) is 2. The van der Waals surface area contributed by atoms with Crippen molar-refractivity contribution in [3.8, 4) is 0 Å². The van der Waals surface area contributed by atoms with E-state index in [9.17, 15) is 18.0 Å². The molecule has 35 heavy (non-hydrogen) atoms. The Kier molecular flexibility index (Phi) is 5.66. The molecule has 0 spiro atoms. The van der Waals surface area contributed by atoms with Crippen LogP contribution in [0.2, 0.25) is 0 Å². The number of aliphatic imine (C=N–C) groups is 1. The van der Waals surface area contributed by atoms with Crippen molar-refractivity contribution >= 4 is 33.4 Å². The van der Waals surface area contributed by atoms with Crippen molar-refractivity contribution in [1.29, 1.82) is 0 Å². The molecule has 2 aliphatic heterocycles. The molecule has 2 heterocycles. The summed E-state index contributed by atoms with van der Waals surface area (Å²) >= 11 is 0. The highest BCUT2D eigenvalue weighted by Gasteiger charge is 2.56. The molecule has 188 valence electrons. The first-order valence-electron chi connectivity index (χ1n) is 13.1. The van der Waals surface area contributed by atoms with Gasteiger partial charge in [-0.15, -0.1) is 0 Å². The Morgan fingerprint density at radius 2 is 1.74 bits per heavy atom. The molecule has 9 heteroatoms. The van der Waals surface area contributed by atoms with E-state index in [0.717, 1.165) is 32.1 Å². The van der Waals surface area contributed by atoms with Crippen LogP contribution in [0, 0.1) is 23.2 Å². The van der Waals surface area contributed by atoms with Crippen molar-refractivity contribution in [2.24, 2.45) is 28.2 Å². The number of carbonyl (C=O) groups is 2. The molecule has 2 amide bonds. The summed E-state index contributed by atoms with van der Waals surface area (Å²) in [5.41, 5.74) is 0.153. The van der Waals surface area contributed by atoms with Crippen LogP contribution in [0.25, 0.3) is 0 Å². The number of hydrogen-bond acceptors (Lipinski definition) is 5. The van der Waals surface area contributed by atoms with Gasteiger partial charge in [0.2, 0.25) is 11.8 Å². The van der Waals surface area contributed by atoms with E-state index in [0.29, 0.717) is 55.2 Å². The topological polar surface area (TPSA) is 108 Å². The van der Waals surface area contributed by atoms with E-state index >= 15 is 0 Å². The summed E-state index contributed by atoms with van der Waals surface area (Å²) in [7, 11) is -3.77. The second-order valence-electron chi connectivity index (χ2n) is 11.4. The Morgan fingerprint density at radius 1 is 1.03 bits per heavy atom. The van der Waals surface area contributed by atoms with Crippen LogP contribution >= 0.6 is 0 Å². The van der Waals surface area contributed by atoms with Crippen LogP contribution in [0.4, 0.5) is 5.69 Å². The van der Waals surface area contributed by atoms with E-state index < -0.39 is 16.1 Å². The quantitative estimate of drug-likeness (QED) is 0.649. The summed E-state index contributed by atoms with van der Waals surface area (Å²) in [6.07, 6.45) is 9.70. The minimum atomic E-state index is -3.77. The molecular weight excluding hydrogens is 464 g/mol. The lowest BCUT2D eigenvalue weighted by molar-refractivity contribution is -0.160. The molecule has 1 aromatic rings. The molecule has 4 bridgehead atoms. The third kappa shape index (κ3) is 4.26. The Bertz CT molecular complexity index is 1140. The first kappa shape index (κ1) is 23.0. The number of carbonyl (C=O) groups excluding carboxylic acids is 2. The summed E-state index contributed by atoms with van der Waals surface area (Å²) in [5.74, 6) is 2.45. The minimum absolute atomic E-state index is 0.0813. The molecule has 4 saturated carbocycles. The van der Waals surface area contributed by atoms with Crippen molar-refractivity contribution in [2.75, 3.05) is 18.4 Å². The van der Waals surface area contributed by atoms with E-state index in [1.807, 2.05) is 4.90 Å². The van der Waals surface area contributed by atoms with Crippen molar-refractivity contribution in [3.63, 3.8) is 0 Å². The van der Waals surface area contributed by atoms with Gasteiger partial charge in [0.15, 0.2) is 0 Å². The van der Waals surface area contributed by atoms with Gasteiger partial charge < -0.3 is 10.2 Å². The fourth-order valence-electron chi connectivity index (χ4n) is 7.76. The van der Waals surface area contributed by atoms with E-state index in [1.165, 1.54) is 31.4 Å². The van der Waals surface area contributed by atoms with Crippen LogP contribution in [0.3, 0.4) is 0 Å². The third-order valence-electron chi connectivity index (χ3n) is 8.85. The van der Waals surface area contributed by atoms with Crippen LogP contribution in [-0.2, 0) is 19.6 Å². The first-order valence-corrected chi connectivity index (χ1v) is 14.6. The molecule has 1 unspecified atom stereocenters. The number of anilines is 1. The van der Waals surface area contributed by atoms with Crippen molar-refractivity contribution < 1.29 is 18.0 Å². The molecule has 7 rings (SSSR count). The van der Waals surface area contributed by atoms with Gasteiger partial charge in [0, 0.05) is 25.2 Å². The van der Waals surface area contributed by atoms with Gasteiger partial charge in [0.1, 0.15) is 11.9 Å². The lowest BCUT2D eigenvalue weighted by Gasteiger charge is -2.56. The number of likely N-dealkylation sites (tertiary alicyclic amines) is 1. The third-order valence-corrected chi connectivity index (χ3v) is 10.2. The number of amides is 2. The van der Waals surface area contributed by atoms with Crippen LogP contribution in [0.1, 0.15) is 64.2 Å². The number of nitrogens with zero attached hydrogens (tertiary/aromatic N) is 2. The standard InChI is InChI=1S/C26H34N4O4S/c31-24(28-20-4-1-5-21(13-20)35(33,34)29-23-7-2-8-27-23)22-6-3-9-30(22)25(32)26-14-17-10-18(15-26)12-19(11-17)16-26/h1,4-5,13,17-19,22H,2-3,6-12,14-16H2,(H,27,29)(H,28,31). The fraction of sp³-hybridized carbons (Fsp3) is 0.654. The maximum absolute atomic E-state index is 13.9. The van der Waals surface area contributed by atoms with Crippen molar-refractivity contribution in [1.82, 2.24) is 9.62 Å². The average Bonchev–Trinajstić information content (AvgIpc) is 3.50. The van der Waals surface area contributed by atoms with Crippen LogP contribution in [-0.4, -0.2) is 50.1 Å². The van der Waals surface area contributed by atoms with Gasteiger partial charge >= 0.3 is 0 Å². The molecule has 6 aliphatic rings. The second kappa shape index (κ2) is 8.61. The lowest BCUT2D eigenvalue weighted by atomic mass is 9.49. The maximum atomic E-state index is 13.9. The van der Waals surface area contributed by atoms with Gasteiger partial charge in [-0.3, -0.25) is 19.3 Å². The second-order valence-corrected chi connectivity index (χ2v) is 13.1. The van der Waals surface area contributed by atoms with Gasteiger partial charge in [0.05, 0.1) is 10.3 Å². The number of amidine groups is 1. The SMILES string of the molecule is O=C(Nc1cccc(S(=O)(=O)NC2=NCCC2)c1)C1CCCN1C(=O)C12CC3CC(CC(C3)C1)C2. The summed E-state index contributed by atoms with van der Waals surface area (Å²) in [6, 6.07) is 5.78. The highest BCUT2D eigenvalue weighted by molar-refractivity contribution is 7.90. The summed E-state index contributed by atoms with van der Waals surface area (Å²) in [4.78, 5) is 33.3. The molecule has 2 N–H and O–H groups in total. The van der Waals surface area contributed by atoms with Crippen LogP contribution in [0.5, 0.6) is 0 Å². The average molecular weight is 499 g/mol. The largest absolute Gasteiger partial charge is 0.330 e. The highest BCUT2D eigenvalue weighted by atomic mass is 32.2. The first-order chi connectivity index (χ1) is 16.8. The molecule has 1 atom stereocenters. The van der Waals surface area contributed by atoms with Gasteiger partial charge in [-0.05, 0) is 93.7 Å². The maximum Gasteiger partial charge on any atom is 0.262 e. The Hall–Kier alpha value is -2.42. The predicted molar refractivity (Wildman–Crippen MR) is 132 cm³/mol. The molecule has 4 aliphatic carbocycles. The molecule has 5 fully saturated rings. The van der Waals surface area contributed by atoms with E-state index in [-0.39, 0.29) is 22.1 Å². The molecule has 8 nitrogen and oxygen atoms in total. The zero-order valence-electron chi connectivity index (χ0n) is 20.0. The van der Waals surface area contributed by atoms with Crippen molar-refractivity contribution in [2.45, 2.75) is 75.1 Å². The Balaban J connectivity index is 1.16. The van der Waals surface area contributed by atoms with E-state index in [4.69, 9.17) is 0 Å². The van der Waals surface area contributed by atoms with Gasteiger partial charge in [0.25, 0.3) is 10.0 Å². The van der Waals surface area contributed by atoms with Gasteiger partial charge in [-0.1, -0.05) is 6.07 Å². The van der Waals surface area contributed by atoms with E-state index in [2.05, 4.69) is 15.0 Å². The molecule has 1 aromatic carbocycles. The summed E-state index contributed by atoms with van der Waals surface area (Å²) in [5, 5.41) is 2.89. The Labute approximate surface area is 207 Å². The van der Waals surface area contributed by atoms with Crippen LogP contribution in [0.15, 0.2) is 34.2 Å². The summed E-state index contributed by atoms with van der Waals surface area (Å²) < 4.78 is 28.1. The van der Waals surface area contributed by atoms with Crippen LogP contribution < -0.4 is 10.0 Å². The molecular formula is C26H34N4O4S. The molecule has 0 aromatic heterocycles. The van der Waals surface area contributed by atoms with Gasteiger partial charge in [-0.2, -0.15) is 0 Å². The van der Waals surface area contributed by atoms with E-state index in [1.54, 1.807) is 12.1 Å². The smallest absolute Gasteiger partial charge is 0.262 e. The number of benzene rings is 1. The zero-order chi connectivity index (χ0) is 24.2. The number of hydrogen-bond donors (Lipinski definition) is 2.